The predicted octanol–water partition coefficient (Wildman–Crippen LogP) is 4.64. The maximum Gasteiger partial charge on any atom is 0.271 e. The quantitative estimate of drug-likeness (QED) is 0.704. The number of rotatable bonds is 3. The molecule has 0 bridgehead atoms. The molecule has 4 rings (SSSR count). The SMILES string of the molecule is CC1(C)Oc2ccc(Cl)cc2N(CC(=O)Nc2cccc3ccccc23)C1=O. The minimum absolute atomic E-state index is 0.137. The lowest BCUT2D eigenvalue weighted by Gasteiger charge is -2.38. The lowest BCUT2D eigenvalue weighted by Crippen LogP contribution is -2.54. The van der Waals surface area contributed by atoms with Gasteiger partial charge in [-0.05, 0) is 43.5 Å². The highest BCUT2D eigenvalue weighted by atomic mass is 35.5. The molecule has 1 heterocycles. The van der Waals surface area contributed by atoms with Gasteiger partial charge in [0.05, 0.1) is 5.69 Å². The Hall–Kier alpha value is -3.05. The first-order chi connectivity index (χ1) is 13.3. The summed E-state index contributed by atoms with van der Waals surface area (Å²) in [5.74, 6) is -0.0735. The average Bonchev–Trinajstić information content (AvgIpc) is 2.66. The number of carbonyl (C=O) groups is 2. The van der Waals surface area contributed by atoms with E-state index in [0.717, 1.165) is 10.8 Å². The Labute approximate surface area is 167 Å². The second-order valence-corrected chi connectivity index (χ2v) is 7.63. The van der Waals surface area contributed by atoms with Gasteiger partial charge in [-0.15, -0.1) is 0 Å². The zero-order valence-corrected chi connectivity index (χ0v) is 16.3. The zero-order valence-electron chi connectivity index (χ0n) is 15.5. The molecule has 0 saturated heterocycles. The number of hydrogen-bond acceptors (Lipinski definition) is 3. The molecule has 142 valence electrons. The number of hydrogen-bond donors (Lipinski definition) is 1. The molecule has 28 heavy (non-hydrogen) atoms. The number of nitrogens with one attached hydrogen (secondary N) is 1. The van der Waals surface area contributed by atoms with Crippen molar-refractivity contribution in [3.63, 3.8) is 0 Å². The van der Waals surface area contributed by atoms with Gasteiger partial charge in [0.1, 0.15) is 12.3 Å². The minimum atomic E-state index is -1.07. The number of carbonyl (C=O) groups excluding carboxylic acids is 2. The van der Waals surface area contributed by atoms with Gasteiger partial charge in [0.15, 0.2) is 5.60 Å². The average molecular weight is 395 g/mol. The van der Waals surface area contributed by atoms with E-state index in [-0.39, 0.29) is 18.4 Å². The molecule has 0 atom stereocenters. The van der Waals surface area contributed by atoms with Crippen molar-refractivity contribution >= 4 is 45.6 Å². The third-order valence-corrected chi connectivity index (χ3v) is 4.94. The fourth-order valence-corrected chi connectivity index (χ4v) is 3.53. The van der Waals surface area contributed by atoms with Gasteiger partial charge in [-0.3, -0.25) is 14.5 Å². The van der Waals surface area contributed by atoms with Crippen molar-refractivity contribution < 1.29 is 14.3 Å². The number of nitrogens with zero attached hydrogens (tertiary/aromatic N) is 1. The van der Waals surface area contributed by atoms with Crippen LogP contribution in [0.25, 0.3) is 10.8 Å². The van der Waals surface area contributed by atoms with E-state index in [1.165, 1.54) is 4.90 Å². The molecule has 2 amide bonds. The van der Waals surface area contributed by atoms with Crippen LogP contribution in [0.2, 0.25) is 5.02 Å². The van der Waals surface area contributed by atoms with Crippen LogP contribution < -0.4 is 15.0 Å². The third kappa shape index (κ3) is 3.29. The Morgan fingerprint density at radius 2 is 1.86 bits per heavy atom. The van der Waals surface area contributed by atoms with Crippen molar-refractivity contribution in [2.75, 3.05) is 16.8 Å². The first-order valence-electron chi connectivity index (χ1n) is 8.93. The molecule has 0 spiro atoms. The first-order valence-corrected chi connectivity index (χ1v) is 9.31. The van der Waals surface area contributed by atoms with Crippen molar-refractivity contribution in [2.24, 2.45) is 0 Å². The van der Waals surface area contributed by atoms with Gasteiger partial charge in [0, 0.05) is 16.1 Å². The Kier molecular flexibility index (Phi) is 4.47. The summed E-state index contributed by atoms with van der Waals surface area (Å²) in [4.78, 5) is 27.1. The molecule has 1 aliphatic rings. The molecule has 1 aliphatic heterocycles. The third-order valence-electron chi connectivity index (χ3n) is 4.70. The van der Waals surface area contributed by atoms with Crippen LogP contribution in [0.5, 0.6) is 5.75 Å². The van der Waals surface area contributed by atoms with E-state index in [9.17, 15) is 9.59 Å². The number of ether oxygens (including phenoxy) is 1. The summed E-state index contributed by atoms with van der Waals surface area (Å²) in [6, 6.07) is 18.5. The van der Waals surface area contributed by atoms with E-state index >= 15 is 0 Å². The molecular weight excluding hydrogens is 376 g/mol. The normalized spacial score (nSPS) is 15.1. The van der Waals surface area contributed by atoms with Gasteiger partial charge in [-0.2, -0.15) is 0 Å². The summed E-state index contributed by atoms with van der Waals surface area (Å²) < 4.78 is 5.79. The predicted molar refractivity (Wildman–Crippen MR) is 111 cm³/mol. The summed E-state index contributed by atoms with van der Waals surface area (Å²) >= 11 is 6.10. The molecule has 0 saturated carbocycles. The van der Waals surface area contributed by atoms with Gasteiger partial charge >= 0.3 is 0 Å². The summed E-state index contributed by atoms with van der Waals surface area (Å²) in [5.41, 5.74) is 0.125. The van der Waals surface area contributed by atoms with Crippen LogP contribution in [0.15, 0.2) is 60.7 Å². The number of benzene rings is 3. The number of fused-ring (bicyclic) bond motifs is 2. The Bertz CT molecular complexity index is 1090. The summed E-state index contributed by atoms with van der Waals surface area (Å²) in [7, 11) is 0. The summed E-state index contributed by atoms with van der Waals surface area (Å²) in [5, 5.41) is 5.35. The molecule has 0 aromatic heterocycles. The van der Waals surface area contributed by atoms with Crippen LogP contribution in [0.4, 0.5) is 11.4 Å². The summed E-state index contributed by atoms with van der Waals surface area (Å²) in [6.07, 6.45) is 0. The minimum Gasteiger partial charge on any atom is -0.476 e. The zero-order chi connectivity index (χ0) is 19.9. The van der Waals surface area contributed by atoms with Gasteiger partial charge < -0.3 is 10.1 Å². The highest BCUT2D eigenvalue weighted by Gasteiger charge is 2.41. The largest absolute Gasteiger partial charge is 0.476 e. The van der Waals surface area contributed by atoms with Gasteiger partial charge in [0.25, 0.3) is 5.91 Å². The van der Waals surface area contributed by atoms with Gasteiger partial charge in [-0.1, -0.05) is 48.0 Å². The lowest BCUT2D eigenvalue weighted by molar-refractivity contribution is -0.133. The van der Waals surface area contributed by atoms with E-state index < -0.39 is 5.60 Å². The van der Waals surface area contributed by atoms with Crippen molar-refractivity contribution in [1.82, 2.24) is 0 Å². The van der Waals surface area contributed by atoms with E-state index in [2.05, 4.69) is 5.32 Å². The van der Waals surface area contributed by atoms with E-state index in [0.29, 0.717) is 22.1 Å². The van der Waals surface area contributed by atoms with E-state index in [4.69, 9.17) is 16.3 Å². The smallest absolute Gasteiger partial charge is 0.271 e. The summed E-state index contributed by atoms with van der Waals surface area (Å²) in [6.45, 7) is 3.23. The van der Waals surface area contributed by atoms with Crippen LogP contribution in [-0.2, 0) is 9.59 Å². The lowest BCUT2D eigenvalue weighted by atomic mass is 10.0. The highest BCUT2D eigenvalue weighted by molar-refractivity contribution is 6.31. The number of halogens is 1. The van der Waals surface area contributed by atoms with Crippen molar-refractivity contribution in [3.05, 3.63) is 65.7 Å². The maximum absolute atomic E-state index is 12.9. The molecular formula is C22H19ClN2O3. The second-order valence-electron chi connectivity index (χ2n) is 7.19. The van der Waals surface area contributed by atoms with Crippen molar-refractivity contribution in [3.8, 4) is 5.75 Å². The van der Waals surface area contributed by atoms with Crippen LogP contribution in [0, 0.1) is 0 Å². The maximum atomic E-state index is 12.9. The topological polar surface area (TPSA) is 58.6 Å². The van der Waals surface area contributed by atoms with E-state index in [1.807, 2.05) is 42.5 Å². The second kappa shape index (κ2) is 6.84. The van der Waals surface area contributed by atoms with Gasteiger partial charge in [-0.25, -0.2) is 0 Å². The number of anilines is 2. The van der Waals surface area contributed by atoms with Crippen LogP contribution >= 0.6 is 11.6 Å². The van der Waals surface area contributed by atoms with Gasteiger partial charge in [0.2, 0.25) is 5.91 Å². The van der Waals surface area contributed by atoms with Crippen LogP contribution in [-0.4, -0.2) is 24.0 Å². The fourth-order valence-electron chi connectivity index (χ4n) is 3.37. The molecule has 5 nitrogen and oxygen atoms in total. The monoisotopic (exact) mass is 394 g/mol. The molecule has 3 aromatic carbocycles. The first kappa shape index (κ1) is 18.3. The Balaban J connectivity index is 1.63. The van der Waals surface area contributed by atoms with Crippen molar-refractivity contribution in [1.29, 1.82) is 0 Å². The number of amides is 2. The highest BCUT2D eigenvalue weighted by Crippen LogP contribution is 2.39. The van der Waals surface area contributed by atoms with E-state index in [1.54, 1.807) is 32.0 Å². The molecule has 0 radical (unpaired) electrons. The van der Waals surface area contributed by atoms with Crippen LogP contribution in [0.3, 0.4) is 0 Å². The molecule has 0 unspecified atom stereocenters. The van der Waals surface area contributed by atoms with Crippen LogP contribution in [0.1, 0.15) is 13.8 Å². The fraction of sp³-hybridized carbons (Fsp3) is 0.182. The standard InChI is InChI=1S/C22H19ClN2O3/c1-22(2)21(27)25(18-12-15(23)10-11-19(18)28-22)13-20(26)24-17-9-5-7-14-6-3-4-8-16(14)17/h3-12H,13H2,1-2H3,(H,24,26). The molecule has 3 aromatic rings. The molecule has 0 aliphatic carbocycles. The molecule has 0 fully saturated rings. The molecule has 1 N–H and O–H groups in total. The Morgan fingerprint density at radius 1 is 1.11 bits per heavy atom. The Morgan fingerprint density at radius 3 is 2.68 bits per heavy atom. The van der Waals surface area contributed by atoms with Crippen molar-refractivity contribution in [2.45, 2.75) is 19.4 Å². The molecule has 6 heteroatoms.